The number of H-pyrrole nitrogens is 2. The first kappa shape index (κ1) is 54.8. The number of carbonyl (C=O) groups is 8. The summed E-state index contributed by atoms with van der Waals surface area (Å²) >= 11 is 0. The molecule has 1 aliphatic heterocycles. The van der Waals surface area contributed by atoms with Gasteiger partial charge in [0.15, 0.2) is 0 Å². The van der Waals surface area contributed by atoms with E-state index in [9.17, 15) is 38.4 Å². The summed E-state index contributed by atoms with van der Waals surface area (Å²) in [6.07, 6.45) is -0.517. The molecule has 1 atom stereocenters. The van der Waals surface area contributed by atoms with E-state index in [4.69, 9.17) is 42.9 Å². The van der Waals surface area contributed by atoms with Crippen LogP contribution in [0.15, 0.2) is 46.5 Å². The predicted octanol–water partition coefficient (Wildman–Crippen LogP) is 5.26. The highest BCUT2D eigenvalue weighted by Crippen LogP contribution is 2.42. The molecule has 374 valence electrons. The van der Waals surface area contributed by atoms with Crippen molar-refractivity contribution in [2.45, 2.75) is 108 Å². The molecule has 4 rings (SSSR count). The summed E-state index contributed by atoms with van der Waals surface area (Å²) in [6, 6.07) is 9.58. The summed E-state index contributed by atoms with van der Waals surface area (Å²) in [4.78, 5) is 118. The Morgan fingerprint density at radius 1 is 0.551 bits per heavy atom. The molecule has 1 aliphatic rings. The van der Waals surface area contributed by atoms with Gasteiger partial charge in [-0.3, -0.25) is 33.8 Å². The Balaban J connectivity index is 2.07. The SMILES string of the molecule is COC(=O)CCC1=C(CC(=O)OC)C(Cc2[nH]c(C(=O)OCC[Si](C)(C)C)c(CCC(=O)OC)c2CC(=O)OC)(Cc2[nH]c(C(=O)OCc3ccccc3)c(CC(=O)OC)c2CCC(=O)OC)N=C1. The number of aromatic nitrogens is 2. The summed E-state index contributed by atoms with van der Waals surface area (Å²) in [7, 11) is 5.64. The van der Waals surface area contributed by atoms with Crippen LogP contribution in [0.1, 0.15) is 92.3 Å². The Bertz CT molecular complexity index is 2430. The number of hydrogen-bond acceptors (Lipinski definition) is 17. The number of carbonyl (C=O) groups excluding carboxylic acids is 8. The lowest BCUT2D eigenvalue weighted by Crippen LogP contribution is -2.36. The van der Waals surface area contributed by atoms with Gasteiger partial charge in [0.2, 0.25) is 0 Å². The minimum Gasteiger partial charge on any atom is -0.469 e. The number of aliphatic imine (C=N–C) groups is 1. The van der Waals surface area contributed by atoms with Crippen LogP contribution in [0.5, 0.6) is 0 Å². The van der Waals surface area contributed by atoms with Gasteiger partial charge in [0.25, 0.3) is 0 Å². The first-order valence-corrected chi connectivity index (χ1v) is 26.0. The Kier molecular flexibility index (Phi) is 20.2. The predicted molar refractivity (Wildman–Crippen MR) is 251 cm³/mol. The Hall–Kier alpha value is -6.83. The molecule has 20 heteroatoms. The quantitative estimate of drug-likeness (QED) is 0.0591. The van der Waals surface area contributed by atoms with Gasteiger partial charge >= 0.3 is 47.8 Å². The average Bonchev–Trinajstić information content (AvgIpc) is 3.97. The van der Waals surface area contributed by atoms with E-state index in [-0.39, 0.29) is 100 Å². The summed E-state index contributed by atoms with van der Waals surface area (Å²) in [6.45, 7) is 6.38. The van der Waals surface area contributed by atoms with Gasteiger partial charge in [-0.25, -0.2) is 9.59 Å². The summed E-state index contributed by atoms with van der Waals surface area (Å²) < 4.78 is 41.8. The van der Waals surface area contributed by atoms with Gasteiger partial charge in [-0.15, -0.1) is 0 Å². The lowest BCUT2D eigenvalue weighted by Gasteiger charge is -2.31. The standard InChI is InChI=1S/C49H63N3O16Si/c1-61-39(53)18-15-31-28-50-49(36(31)25-44(58)66-6,27-38-34(23-42(56)64-4)33(17-20-41(55)63-3)45(52-38)47(59)67-21-22-69(7,8)9)26-37-32(16-19-40(54)62-2)35(24-43(57)65-5)46(51-37)48(60)68-29-30-13-11-10-12-14-30/h10-14,28,51-52H,15-27,29H2,1-9H3. The fourth-order valence-electron chi connectivity index (χ4n) is 7.97. The van der Waals surface area contributed by atoms with Crippen LogP contribution in [0, 0.1) is 0 Å². The van der Waals surface area contributed by atoms with Gasteiger partial charge in [-0.05, 0) is 64.3 Å². The fourth-order valence-corrected chi connectivity index (χ4v) is 8.69. The monoisotopic (exact) mass is 977 g/mol. The number of methoxy groups -OCH3 is 6. The van der Waals surface area contributed by atoms with Crippen LogP contribution in [0.25, 0.3) is 0 Å². The highest BCUT2D eigenvalue weighted by molar-refractivity contribution is 6.76. The van der Waals surface area contributed by atoms with Crippen molar-refractivity contribution in [1.82, 2.24) is 9.97 Å². The number of nitrogens with one attached hydrogen (secondary N) is 2. The number of aromatic amines is 2. The van der Waals surface area contributed by atoms with E-state index < -0.39 is 67.8 Å². The highest BCUT2D eigenvalue weighted by Gasteiger charge is 2.44. The van der Waals surface area contributed by atoms with Crippen LogP contribution >= 0.6 is 0 Å². The molecule has 0 spiro atoms. The van der Waals surface area contributed by atoms with Crippen molar-refractivity contribution in [2.24, 2.45) is 4.99 Å². The van der Waals surface area contributed by atoms with E-state index in [1.165, 1.54) is 48.9 Å². The third kappa shape index (κ3) is 15.3. The van der Waals surface area contributed by atoms with E-state index in [0.29, 0.717) is 45.1 Å². The number of hydrogen-bond donors (Lipinski definition) is 2. The third-order valence-electron chi connectivity index (χ3n) is 11.8. The zero-order valence-electron chi connectivity index (χ0n) is 40.8. The molecule has 69 heavy (non-hydrogen) atoms. The average molecular weight is 978 g/mol. The van der Waals surface area contributed by atoms with Crippen LogP contribution in [0.2, 0.25) is 25.7 Å². The van der Waals surface area contributed by atoms with Gasteiger partial charge in [-0.1, -0.05) is 50.0 Å². The maximum Gasteiger partial charge on any atom is 0.355 e. The molecule has 2 N–H and O–H groups in total. The number of benzene rings is 1. The van der Waals surface area contributed by atoms with Crippen molar-refractivity contribution in [2.75, 3.05) is 49.3 Å². The summed E-state index contributed by atoms with van der Waals surface area (Å²) in [5, 5.41) is 0. The van der Waals surface area contributed by atoms with E-state index in [0.717, 1.165) is 0 Å². The Morgan fingerprint density at radius 2 is 1.01 bits per heavy atom. The maximum atomic E-state index is 14.1. The fraction of sp³-hybridized carbons (Fsp3) is 0.490. The smallest absolute Gasteiger partial charge is 0.355 e. The first-order valence-electron chi connectivity index (χ1n) is 22.3. The van der Waals surface area contributed by atoms with Crippen LogP contribution in [0.4, 0.5) is 0 Å². The molecule has 1 unspecified atom stereocenters. The van der Waals surface area contributed by atoms with Crippen molar-refractivity contribution in [1.29, 1.82) is 0 Å². The van der Waals surface area contributed by atoms with Gasteiger partial charge in [-0.2, -0.15) is 0 Å². The lowest BCUT2D eigenvalue weighted by molar-refractivity contribution is -0.141. The number of allylic oxidation sites excluding steroid dienone is 1. The van der Waals surface area contributed by atoms with Gasteiger partial charge in [0.1, 0.15) is 18.0 Å². The van der Waals surface area contributed by atoms with Gasteiger partial charge in [0, 0.05) is 57.8 Å². The van der Waals surface area contributed by atoms with Crippen molar-refractivity contribution in [3.8, 4) is 0 Å². The molecule has 1 aromatic carbocycles. The van der Waals surface area contributed by atoms with Crippen LogP contribution in [0.3, 0.4) is 0 Å². The maximum absolute atomic E-state index is 14.1. The van der Waals surface area contributed by atoms with E-state index in [1.807, 2.05) is 6.07 Å². The number of esters is 8. The minimum atomic E-state index is -1.67. The highest BCUT2D eigenvalue weighted by atomic mass is 28.3. The number of ether oxygens (including phenoxy) is 8. The molecule has 0 saturated heterocycles. The molecule has 3 aromatic rings. The molecule has 3 heterocycles. The third-order valence-corrected chi connectivity index (χ3v) is 13.5. The number of rotatable bonds is 26. The van der Waals surface area contributed by atoms with E-state index >= 15 is 0 Å². The van der Waals surface area contributed by atoms with Crippen molar-refractivity contribution >= 4 is 62.0 Å². The van der Waals surface area contributed by atoms with Gasteiger partial charge < -0.3 is 47.9 Å². The summed E-state index contributed by atoms with van der Waals surface area (Å²) in [5.41, 5.74) is 1.57. The Labute approximate surface area is 402 Å². The van der Waals surface area contributed by atoms with Crippen LogP contribution in [-0.2, 0) is 112 Å². The Morgan fingerprint density at radius 3 is 1.55 bits per heavy atom. The molecular weight excluding hydrogens is 915 g/mol. The molecular formula is C49H63N3O16Si. The molecule has 2 aromatic heterocycles. The van der Waals surface area contributed by atoms with E-state index in [1.54, 1.807) is 24.3 Å². The normalized spacial score (nSPS) is 14.2. The zero-order chi connectivity index (χ0) is 50.9. The van der Waals surface area contributed by atoms with Crippen molar-refractivity contribution < 1.29 is 76.3 Å². The topological polar surface area (TPSA) is 254 Å². The second-order valence-electron chi connectivity index (χ2n) is 17.5. The second-order valence-corrected chi connectivity index (χ2v) is 23.1. The molecule has 19 nitrogen and oxygen atoms in total. The lowest BCUT2D eigenvalue weighted by atomic mass is 9.77. The van der Waals surface area contributed by atoms with Crippen LogP contribution < -0.4 is 0 Å². The zero-order valence-corrected chi connectivity index (χ0v) is 41.8. The molecule has 0 amide bonds. The van der Waals surface area contributed by atoms with Crippen molar-refractivity contribution in [3.63, 3.8) is 0 Å². The largest absolute Gasteiger partial charge is 0.469 e. The summed E-state index contributed by atoms with van der Waals surface area (Å²) in [5.74, 6) is -5.33. The molecule has 0 saturated carbocycles. The van der Waals surface area contributed by atoms with Crippen LogP contribution in [-0.4, -0.2) is 127 Å². The van der Waals surface area contributed by atoms with Gasteiger partial charge in [0.05, 0.1) is 74.1 Å². The molecule has 0 radical (unpaired) electrons. The minimum absolute atomic E-state index is 0.0210. The molecule has 0 aliphatic carbocycles. The molecule has 0 bridgehead atoms. The first-order chi connectivity index (χ1) is 32.8. The second kappa shape index (κ2) is 25.5. The van der Waals surface area contributed by atoms with Crippen molar-refractivity contribution in [3.05, 3.63) is 92.1 Å². The van der Waals surface area contributed by atoms with E-state index in [2.05, 4.69) is 29.6 Å². The molecule has 0 fully saturated rings. The number of nitrogens with zero attached hydrogens (tertiary/aromatic N) is 1.